The van der Waals surface area contributed by atoms with E-state index in [1.165, 1.54) is 16.9 Å². The molecule has 3 aromatic heterocycles. The quantitative estimate of drug-likeness (QED) is 0.630. The Balaban J connectivity index is 1.67. The maximum absolute atomic E-state index is 12.6. The number of aryl methyl sites for hydroxylation is 2. The number of carbonyl (C=O) groups excluding carboxylic acids is 1. The molecule has 1 N–H and O–H groups in total. The average molecular weight is 429 g/mol. The van der Waals surface area contributed by atoms with E-state index in [9.17, 15) is 4.79 Å². The highest BCUT2D eigenvalue weighted by Gasteiger charge is 2.32. The van der Waals surface area contributed by atoms with Crippen LogP contribution in [-0.4, -0.2) is 57.6 Å². The highest BCUT2D eigenvalue weighted by atomic mass is 32.1. The molecule has 1 atom stereocenters. The lowest BCUT2D eigenvalue weighted by molar-refractivity contribution is 0.0942. The van der Waals surface area contributed by atoms with Crippen molar-refractivity contribution in [2.75, 3.05) is 27.2 Å². The van der Waals surface area contributed by atoms with E-state index in [2.05, 4.69) is 41.1 Å². The number of fused-ring (bicyclic) bond motifs is 5. The van der Waals surface area contributed by atoms with Gasteiger partial charge in [-0.3, -0.25) is 4.79 Å². The third kappa shape index (κ3) is 3.95. The zero-order chi connectivity index (χ0) is 21.6. The van der Waals surface area contributed by atoms with Crippen LogP contribution in [-0.2, 0) is 12.8 Å². The lowest BCUT2D eigenvalue weighted by atomic mass is 9.72. The molecule has 7 nitrogen and oxygen atoms in total. The van der Waals surface area contributed by atoms with Gasteiger partial charge in [-0.05, 0) is 70.1 Å². The molecule has 30 heavy (non-hydrogen) atoms. The number of nitrogens with zero attached hydrogens (tertiary/aromatic N) is 5. The number of amides is 1. The van der Waals surface area contributed by atoms with Crippen molar-refractivity contribution in [2.24, 2.45) is 11.3 Å². The minimum Gasteiger partial charge on any atom is -0.349 e. The Hall–Kier alpha value is -2.06. The molecule has 0 saturated heterocycles. The summed E-state index contributed by atoms with van der Waals surface area (Å²) in [4.78, 5) is 26.6. The van der Waals surface area contributed by atoms with E-state index in [1.807, 2.05) is 21.0 Å². The Morgan fingerprint density at radius 2 is 2.07 bits per heavy atom. The minimum absolute atomic E-state index is 0.220. The van der Waals surface area contributed by atoms with Gasteiger partial charge in [0, 0.05) is 11.4 Å². The third-order valence-corrected chi connectivity index (χ3v) is 7.29. The second-order valence-electron chi connectivity index (χ2n) is 9.73. The largest absolute Gasteiger partial charge is 0.349 e. The molecule has 4 rings (SSSR count). The van der Waals surface area contributed by atoms with Gasteiger partial charge in [0.05, 0.1) is 5.39 Å². The van der Waals surface area contributed by atoms with E-state index in [4.69, 9.17) is 4.98 Å². The molecule has 1 aliphatic rings. The molecular weight excluding hydrogens is 396 g/mol. The van der Waals surface area contributed by atoms with E-state index in [0.29, 0.717) is 17.9 Å². The number of carbonyl (C=O) groups is 1. The number of thiophene rings is 1. The summed E-state index contributed by atoms with van der Waals surface area (Å²) in [7, 11) is 4.05. The predicted octanol–water partition coefficient (Wildman–Crippen LogP) is 3.48. The standard InChI is InChI=1S/C22H32N6OS/c1-13-24-21-17(15-9-8-14(22(2,3)4)12-16(15)30-21)19-25-18(26-28(13)19)20(29)23-10-7-11-27(5)6/h14H,7-12H2,1-6H3,(H,23,29)/t14-/m1/s1. The fourth-order valence-electron chi connectivity index (χ4n) is 4.29. The number of rotatable bonds is 5. The summed E-state index contributed by atoms with van der Waals surface area (Å²) < 4.78 is 1.74. The van der Waals surface area contributed by atoms with Crippen LogP contribution in [0.15, 0.2) is 0 Å². The molecule has 0 radical (unpaired) electrons. The summed E-state index contributed by atoms with van der Waals surface area (Å²) in [6.07, 6.45) is 4.20. The van der Waals surface area contributed by atoms with Crippen molar-refractivity contribution >= 4 is 33.1 Å². The Bertz CT molecular complexity index is 1090. The van der Waals surface area contributed by atoms with E-state index in [1.54, 1.807) is 15.9 Å². The van der Waals surface area contributed by atoms with Gasteiger partial charge in [-0.1, -0.05) is 20.8 Å². The first-order valence-corrected chi connectivity index (χ1v) is 11.6. The zero-order valence-corrected chi connectivity index (χ0v) is 19.7. The second-order valence-corrected chi connectivity index (χ2v) is 10.8. The fraction of sp³-hybridized carbons (Fsp3) is 0.636. The van der Waals surface area contributed by atoms with Crippen molar-refractivity contribution in [1.29, 1.82) is 0 Å². The highest BCUT2D eigenvalue weighted by Crippen LogP contribution is 2.43. The van der Waals surface area contributed by atoms with E-state index >= 15 is 0 Å². The van der Waals surface area contributed by atoms with Gasteiger partial charge in [0.15, 0.2) is 5.65 Å². The van der Waals surface area contributed by atoms with Crippen LogP contribution >= 0.6 is 11.3 Å². The summed E-state index contributed by atoms with van der Waals surface area (Å²) in [5, 5.41) is 8.51. The molecule has 0 aliphatic heterocycles. The first kappa shape index (κ1) is 21.2. The molecule has 0 bridgehead atoms. The summed E-state index contributed by atoms with van der Waals surface area (Å²) in [6.45, 7) is 10.5. The lowest BCUT2D eigenvalue weighted by Gasteiger charge is -2.33. The van der Waals surface area contributed by atoms with Crippen LogP contribution in [0.2, 0.25) is 0 Å². The smallest absolute Gasteiger partial charge is 0.290 e. The minimum atomic E-state index is -0.220. The van der Waals surface area contributed by atoms with Crippen LogP contribution in [0, 0.1) is 18.3 Å². The van der Waals surface area contributed by atoms with Crippen LogP contribution < -0.4 is 5.32 Å². The number of hydrogen-bond acceptors (Lipinski definition) is 6. The van der Waals surface area contributed by atoms with Crippen LogP contribution in [0.4, 0.5) is 0 Å². The number of aromatic nitrogens is 4. The molecule has 0 unspecified atom stereocenters. The third-order valence-electron chi connectivity index (χ3n) is 6.14. The van der Waals surface area contributed by atoms with Gasteiger partial charge in [-0.15, -0.1) is 16.4 Å². The van der Waals surface area contributed by atoms with E-state index in [-0.39, 0.29) is 11.7 Å². The topological polar surface area (TPSA) is 75.4 Å². The molecule has 1 aliphatic carbocycles. The lowest BCUT2D eigenvalue weighted by Crippen LogP contribution is -2.28. The molecule has 3 heterocycles. The summed E-state index contributed by atoms with van der Waals surface area (Å²) in [5.41, 5.74) is 2.43. The Morgan fingerprint density at radius 1 is 1.30 bits per heavy atom. The molecular formula is C22H32N6OS. The first-order valence-electron chi connectivity index (χ1n) is 10.8. The monoisotopic (exact) mass is 428 g/mol. The van der Waals surface area contributed by atoms with Crippen LogP contribution in [0.5, 0.6) is 0 Å². The summed E-state index contributed by atoms with van der Waals surface area (Å²) in [6, 6.07) is 0. The Kier molecular flexibility index (Phi) is 5.57. The van der Waals surface area contributed by atoms with Crippen LogP contribution in [0.3, 0.4) is 0 Å². The second kappa shape index (κ2) is 7.89. The summed E-state index contributed by atoms with van der Waals surface area (Å²) >= 11 is 1.79. The SMILES string of the molecule is Cc1nc2sc3c(c2c2nc(C(=O)NCCCN(C)C)nn12)CC[C@@H](C(C)(C)C)C3. The maximum Gasteiger partial charge on any atom is 0.290 e. The van der Waals surface area contributed by atoms with Crippen molar-refractivity contribution in [2.45, 2.75) is 53.4 Å². The number of hydrogen-bond donors (Lipinski definition) is 1. The first-order chi connectivity index (χ1) is 14.1. The summed E-state index contributed by atoms with van der Waals surface area (Å²) in [5.74, 6) is 1.45. The van der Waals surface area contributed by atoms with E-state index in [0.717, 1.165) is 47.5 Å². The van der Waals surface area contributed by atoms with Gasteiger partial charge in [-0.25, -0.2) is 9.97 Å². The van der Waals surface area contributed by atoms with Crippen molar-refractivity contribution in [3.8, 4) is 0 Å². The molecule has 0 aromatic carbocycles. The van der Waals surface area contributed by atoms with Crippen molar-refractivity contribution in [3.05, 3.63) is 22.1 Å². The zero-order valence-electron chi connectivity index (χ0n) is 18.9. The van der Waals surface area contributed by atoms with Gasteiger partial charge < -0.3 is 10.2 Å². The number of nitrogens with one attached hydrogen (secondary N) is 1. The molecule has 162 valence electrons. The molecule has 3 aromatic rings. The Morgan fingerprint density at radius 3 is 2.77 bits per heavy atom. The predicted molar refractivity (Wildman–Crippen MR) is 121 cm³/mol. The van der Waals surface area contributed by atoms with Crippen LogP contribution in [0.25, 0.3) is 15.9 Å². The average Bonchev–Trinajstić information content (AvgIpc) is 3.25. The molecule has 0 spiro atoms. The molecule has 8 heteroatoms. The molecule has 1 amide bonds. The Labute approximate surface area is 181 Å². The van der Waals surface area contributed by atoms with Crippen molar-refractivity contribution in [1.82, 2.24) is 29.8 Å². The van der Waals surface area contributed by atoms with Gasteiger partial charge in [0.1, 0.15) is 10.7 Å². The highest BCUT2D eigenvalue weighted by molar-refractivity contribution is 7.19. The normalized spacial score (nSPS) is 17.1. The molecule has 0 saturated carbocycles. The van der Waals surface area contributed by atoms with Gasteiger partial charge in [-0.2, -0.15) is 4.52 Å². The molecule has 0 fully saturated rings. The maximum atomic E-state index is 12.6. The van der Waals surface area contributed by atoms with Crippen LogP contribution in [0.1, 0.15) is 60.5 Å². The van der Waals surface area contributed by atoms with Gasteiger partial charge in [0.2, 0.25) is 5.82 Å². The van der Waals surface area contributed by atoms with Crippen molar-refractivity contribution in [3.63, 3.8) is 0 Å². The van der Waals surface area contributed by atoms with Crippen molar-refractivity contribution < 1.29 is 4.79 Å². The van der Waals surface area contributed by atoms with E-state index < -0.39 is 0 Å². The fourth-order valence-corrected chi connectivity index (χ4v) is 5.63. The van der Waals surface area contributed by atoms with Gasteiger partial charge in [0.25, 0.3) is 5.91 Å². The van der Waals surface area contributed by atoms with Gasteiger partial charge >= 0.3 is 0 Å².